The van der Waals surface area contributed by atoms with Crippen LogP contribution in [0.15, 0.2) is 53.4 Å². The first-order chi connectivity index (χ1) is 14.0. The molecule has 0 saturated carbocycles. The van der Waals surface area contributed by atoms with Gasteiger partial charge in [0, 0.05) is 6.54 Å². The van der Waals surface area contributed by atoms with Crippen LogP contribution in [-0.4, -0.2) is 54.3 Å². The molecule has 2 N–H and O–H groups in total. The van der Waals surface area contributed by atoms with Gasteiger partial charge in [0.05, 0.1) is 29.2 Å². The van der Waals surface area contributed by atoms with Crippen LogP contribution in [0.2, 0.25) is 0 Å². The molecule has 7 nitrogen and oxygen atoms in total. The Morgan fingerprint density at radius 3 is 2.40 bits per heavy atom. The number of aliphatic hydroxyl groups excluding tert-OH is 1. The molecule has 1 aliphatic rings. The van der Waals surface area contributed by atoms with E-state index in [0.29, 0.717) is 0 Å². The number of sulfonamides is 1. The van der Waals surface area contributed by atoms with E-state index in [1.807, 2.05) is 0 Å². The van der Waals surface area contributed by atoms with Gasteiger partial charge in [0.2, 0.25) is 10.0 Å². The molecule has 0 radical (unpaired) electrons. The topological polar surface area (TPSA) is 111 Å². The lowest BCUT2D eigenvalue weighted by atomic mass is 10.0. The number of alkyl halides is 3. The summed E-state index contributed by atoms with van der Waals surface area (Å²) < 4.78 is 70.4. The smallest absolute Gasteiger partial charge is 0.416 e. The summed E-state index contributed by atoms with van der Waals surface area (Å²) >= 11 is 0. The van der Waals surface area contributed by atoms with Crippen molar-refractivity contribution in [3.63, 3.8) is 0 Å². The third kappa shape index (κ3) is 4.13. The first-order valence-electron chi connectivity index (χ1n) is 8.68. The molecule has 3 rings (SSSR count). The van der Waals surface area contributed by atoms with Crippen molar-refractivity contribution in [3.05, 3.63) is 59.7 Å². The molecule has 11 heteroatoms. The van der Waals surface area contributed by atoms with Crippen LogP contribution in [0.25, 0.3) is 0 Å². The summed E-state index contributed by atoms with van der Waals surface area (Å²) in [5.74, 6) is -0.0310. The number of halogens is 3. The van der Waals surface area contributed by atoms with Gasteiger partial charge in [0.25, 0.3) is 0 Å². The zero-order valence-electron chi connectivity index (χ0n) is 15.4. The number of benzene rings is 2. The van der Waals surface area contributed by atoms with Crippen molar-refractivity contribution in [1.29, 1.82) is 5.26 Å². The van der Waals surface area contributed by atoms with Gasteiger partial charge in [-0.3, -0.25) is 0 Å². The van der Waals surface area contributed by atoms with Crippen molar-refractivity contribution in [3.8, 4) is 11.8 Å². The van der Waals surface area contributed by atoms with Gasteiger partial charge in [-0.15, -0.1) is 0 Å². The van der Waals surface area contributed by atoms with E-state index in [9.17, 15) is 37.1 Å². The molecule has 0 bridgehead atoms. The molecular formula is C19H17F3N2O5S. The van der Waals surface area contributed by atoms with Crippen LogP contribution < -0.4 is 4.74 Å². The van der Waals surface area contributed by atoms with Crippen LogP contribution in [0.3, 0.4) is 0 Å². The second kappa shape index (κ2) is 7.88. The highest BCUT2D eigenvalue weighted by Gasteiger charge is 2.51. The molecule has 1 heterocycles. The lowest BCUT2D eigenvalue weighted by Crippen LogP contribution is -2.48. The maximum atomic E-state index is 13.0. The number of hydrogen-bond acceptors (Lipinski definition) is 6. The quantitative estimate of drug-likeness (QED) is 0.730. The lowest BCUT2D eigenvalue weighted by Gasteiger charge is -2.27. The van der Waals surface area contributed by atoms with Crippen molar-refractivity contribution in [2.24, 2.45) is 0 Å². The molecule has 0 spiro atoms. The lowest BCUT2D eigenvalue weighted by molar-refractivity contribution is -0.137. The Kier molecular flexibility index (Phi) is 5.79. The number of ether oxygens (including phenoxy) is 1. The van der Waals surface area contributed by atoms with Crippen LogP contribution >= 0.6 is 0 Å². The Morgan fingerprint density at radius 1 is 1.20 bits per heavy atom. The highest BCUT2D eigenvalue weighted by atomic mass is 32.2. The SMILES string of the molecule is N#Cc1ccccc1S(=O)(=O)N1C[C@H](Oc2ccc(C(F)(F)F)cc2)[C@](O)(CO)C1. The molecule has 0 aromatic heterocycles. The largest absolute Gasteiger partial charge is 0.486 e. The minimum absolute atomic E-state index is 0.0310. The summed E-state index contributed by atoms with van der Waals surface area (Å²) in [6.07, 6.45) is -5.78. The molecule has 30 heavy (non-hydrogen) atoms. The Bertz CT molecular complexity index is 1070. The number of nitrogens with zero attached hydrogens (tertiary/aromatic N) is 2. The summed E-state index contributed by atoms with van der Waals surface area (Å²) in [5, 5.41) is 29.5. The number of rotatable bonds is 5. The van der Waals surface area contributed by atoms with Gasteiger partial charge in [-0.25, -0.2) is 8.42 Å². The van der Waals surface area contributed by atoms with E-state index >= 15 is 0 Å². The van der Waals surface area contributed by atoms with E-state index in [-0.39, 0.29) is 22.8 Å². The molecule has 1 aliphatic heterocycles. The summed E-state index contributed by atoms with van der Waals surface area (Å²) in [4.78, 5) is -0.261. The summed E-state index contributed by atoms with van der Waals surface area (Å²) in [7, 11) is -4.20. The fourth-order valence-corrected chi connectivity index (χ4v) is 4.76. The third-order valence-corrected chi connectivity index (χ3v) is 6.65. The molecule has 1 fully saturated rings. The normalized spacial score (nSPS) is 22.6. The average Bonchev–Trinajstić information content (AvgIpc) is 3.05. The first kappa shape index (κ1) is 22.0. The van der Waals surface area contributed by atoms with Crippen molar-refractivity contribution >= 4 is 10.0 Å². The second-order valence-corrected chi connectivity index (χ2v) is 8.70. The van der Waals surface area contributed by atoms with Gasteiger partial charge >= 0.3 is 6.18 Å². The van der Waals surface area contributed by atoms with Crippen molar-refractivity contribution in [2.75, 3.05) is 19.7 Å². The highest BCUT2D eigenvalue weighted by Crippen LogP contribution is 2.33. The van der Waals surface area contributed by atoms with Gasteiger partial charge < -0.3 is 14.9 Å². The minimum atomic E-state index is -4.53. The number of nitriles is 1. The van der Waals surface area contributed by atoms with Crippen molar-refractivity contribution in [1.82, 2.24) is 4.31 Å². The Hall–Kier alpha value is -2.65. The van der Waals surface area contributed by atoms with Crippen LogP contribution in [-0.2, 0) is 16.2 Å². The standard InChI is InChI=1S/C19H17F3N2O5S/c20-19(21,22)14-5-7-15(8-6-14)29-17-10-24(11-18(17,26)12-25)30(27,28)16-4-2-1-3-13(16)9-23/h1-8,17,25-26H,10-12H2/t17-,18+/m0/s1. The van der Waals surface area contributed by atoms with Crippen LogP contribution in [0, 0.1) is 11.3 Å². The van der Waals surface area contributed by atoms with Crippen LogP contribution in [0.5, 0.6) is 5.75 Å². The van der Waals surface area contributed by atoms with Gasteiger partial charge in [-0.2, -0.15) is 22.7 Å². The Morgan fingerprint density at radius 2 is 1.83 bits per heavy atom. The van der Waals surface area contributed by atoms with Crippen molar-refractivity contribution < 1.29 is 36.5 Å². The molecule has 0 amide bonds. The zero-order valence-corrected chi connectivity index (χ0v) is 16.2. The summed E-state index contributed by atoms with van der Waals surface area (Å²) in [6.45, 7) is -1.73. The van der Waals surface area contributed by atoms with Gasteiger partial charge in [0.15, 0.2) is 0 Å². The Labute approximate surface area is 170 Å². The predicted molar refractivity (Wildman–Crippen MR) is 97.8 cm³/mol. The fourth-order valence-electron chi connectivity index (χ4n) is 3.12. The van der Waals surface area contributed by atoms with E-state index in [0.717, 1.165) is 28.6 Å². The highest BCUT2D eigenvalue weighted by molar-refractivity contribution is 7.89. The minimum Gasteiger partial charge on any atom is -0.486 e. The van der Waals surface area contributed by atoms with E-state index in [1.165, 1.54) is 24.3 Å². The van der Waals surface area contributed by atoms with Gasteiger partial charge in [0.1, 0.15) is 23.5 Å². The number of hydrogen-bond donors (Lipinski definition) is 2. The second-order valence-electron chi connectivity index (χ2n) is 6.80. The molecule has 2 atom stereocenters. The third-order valence-electron chi connectivity index (χ3n) is 4.78. The van der Waals surface area contributed by atoms with Crippen LogP contribution in [0.1, 0.15) is 11.1 Å². The molecule has 1 saturated heterocycles. The predicted octanol–water partition coefficient (Wildman–Crippen LogP) is 1.75. The van der Waals surface area contributed by atoms with Crippen LogP contribution in [0.4, 0.5) is 13.2 Å². The summed E-state index contributed by atoms with van der Waals surface area (Å²) in [5.41, 5.74) is -2.97. The molecule has 2 aromatic rings. The maximum absolute atomic E-state index is 13.0. The first-order valence-corrected chi connectivity index (χ1v) is 10.1. The molecule has 160 valence electrons. The molecular weight excluding hydrogens is 425 g/mol. The van der Waals surface area contributed by atoms with Gasteiger partial charge in [-0.05, 0) is 36.4 Å². The van der Waals surface area contributed by atoms with E-state index in [4.69, 9.17) is 4.74 Å². The zero-order chi connectivity index (χ0) is 22.2. The number of aliphatic hydroxyl groups is 2. The molecule has 0 aliphatic carbocycles. The monoisotopic (exact) mass is 442 g/mol. The number of β-amino-alcohol motifs (C(OH)–C–C–N with tert-alkyl or cyclic N) is 1. The Balaban J connectivity index is 1.86. The van der Waals surface area contributed by atoms with Gasteiger partial charge in [-0.1, -0.05) is 12.1 Å². The van der Waals surface area contributed by atoms with E-state index < -0.39 is 46.6 Å². The summed E-state index contributed by atoms with van der Waals surface area (Å²) in [6, 6.07) is 11.0. The maximum Gasteiger partial charge on any atom is 0.416 e. The van der Waals surface area contributed by atoms with Crippen molar-refractivity contribution in [2.45, 2.75) is 22.8 Å². The van der Waals surface area contributed by atoms with E-state index in [1.54, 1.807) is 6.07 Å². The molecule has 2 aromatic carbocycles. The van der Waals surface area contributed by atoms with E-state index in [2.05, 4.69) is 0 Å². The fraction of sp³-hybridized carbons (Fsp3) is 0.316. The average molecular weight is 442 g/mol. The molecule has 0 unspecified atom stereocenters.